The van der Waals surface area contributed by atoms with Crippen LogP contribution in [-0.4, -0.2) is 63.7 Å². The van der Waals surface area contributed by atoms with E-state index < -0.39 is 5.97 Å². The van der Waals surface area contributed by atoms with E-state index in [1.165, 1.54) is 12.7 Å². The summed E-state index contributed by atoms with van der Waals surface area (Å²) < 4.78 is 10.4. The van der Waals surface area contributed by atoms with E-state index in [-0.39, 0.29) is 12.5 Å². The van der Waals surface area contributed by atoms with Crippen LogP contribution in [0.4, 0.5) is 11.4 Å². The maximum atomic E-state index is 12.6. The number of nitrogens with zero attached hydrogens (tertiary/aromatic N) is 2. The number of hydrogen-bond donors (Lipinski definition) is 1. The van der Waals surface area contributed by atoms with Gasteiger partial charge in [0, 0.05) is 26.2 Å². The first-order valence-corrected chi connectivity index (χ1v) is 10.2. The van der Waals surface area contributed by atoms with E-state index in [1.807, 2.05) is 30.3 Å². The molecular weight excluding hydrogens is 382 g/mol. The molecule has 1 aliphatic heterocycles. The number of rotatable bonds is 7. The van der Waals surface area contributed by atoms with E-state index in [9.17, 15) is 9.59 Å². The van der Waals surface area contributed by atoms with Gasteiger partial charge in [-0.05, 0) is 49.4 Å². The van der Waals surface area contributed by atoms with E-state index in [2.05, 4.69) is 29.1 Å². The van der Waals surface area contributed by atoms with Gasteiger partial charge < -0.3 is 24.6 Å². The summed E-state index contributed by atoms with van der Waals surface area (Å²) in [6.45, 7) is 5.53. The van der Waals surface area contributed by atoms with Gasteiger partial charge in [0.05, 0.1) is 24.0 Å². The summed E-state index contributed by atoms with van der Waals surface area (Å²) in [5, 5.41) is 2.90. The number of esters is 1. The van der Waals surface area contributed by atoms with Crippen LogP contribution >= 0.6 is 0 Å². The summed E-state index contributed by atoms with van der Waals surface area (Å²) in [5.74, 6) is -0.0837. The second kappa shape index (κ2) is 10.1. The van der Waals surface area contributed by atoms with Crippen molar-refractivity contribution < 1.29 is 19.1 Å². The number of hydrogen-bond acceptors (Lipinski definition) is 6. The fourth-order valence-electron chi connectivity index (χ4n) is 3.36. The van der Waals surface area contributed by atoms with Crippen molar-refractivity contribution in [1.82, 2.24) is 4.90 Å². The number of carbonyl (C=O) groups is 2. The summed E-state index contributed by atoms with van der Waals surface area (Å²) >= 11 is 0. The fourth-order valence-corrected chi connectivity index (χ4v) is 3.36. The lowest BCUT2D eigenvalue weighted by Gasteiger charge is -2.35. The molecule has 0 bridgehead atoms. The van der Waals surface area contributed by atoms with Crippen molar-refractivity contribution in [1.29, 1.82) is 0 Å². The number of aryl methyl sites for hydroxylation is 1. The van der Waals surface area contributed by atoms with Gasteiger partial charge in [0.2, 0.25) is 0 Å². The maximum absolute atomic E-state index is 12.6. The van der Waals surface area contributed by atoms with Gasteiger partial charge in [0.25, 0.3) is 5.91 Å². The number of ether oxygens (including phenoxy) is 2. The largest absolute Gasteiger partial charge is 0.484 e. The van der Waals surface area contributed by atoms with Crippen LogP contribution in [-0.2, 0) is 16.0 Å². The molecule has 0 aliphatic carbocycles. The first-order valence-electron chi connectivity index (χ1n) is 10.2. The summed E-state index contributed by atoms with van der Waals surface area (Å²) in [5.41, 5.74) is 3.07. The van der Waals surface area contributed by atoms with Gasteiger partial charge in [-0.3, -0.25) is 4.79 Å². The molecule has 1 amide bonds. The quantitative estimate of drug-likeness (QED) is 0.707. The highest BCUT2D eigenvalue weighted by Gasteiger charge is 2.20. The van der Waals surface area contributed by atoms with Gasteiger partial charge in [0.15, 0.2) is 6.61 Å². The van der Waals surface area contributed by atoms with Crippen molar-refractivity contribution in [2.24, 2.45) is 0 Å². The molecule has 7 heteroatoms. The molecule has 0 saturated carbocycles. The zero-order valence-corrected chi connectivity index (χ0v) is 17.8. The fraction of sp³-hybridized carbons (Fsp3) is 0.391. The van der Waals surface area contributed by atoms with Crippen molar-refractivity contribution in [2.75, 3.05) is 57.2 Å². The second-order valence-corrected chi connectivity index (χ2v) is 7.35. The van der Waals surface area contributed by atoms with E-state index >= 15 is 0 Å². The molecule has 160 valence electrons. The van der Waals surface area contributed by atoms with Gasteiger partial charge in [-0.1, -0.05) is 19.1 Å². The molecule has 0 atom stereocenters. The highest BCUT2D eigenvalue weighted by Crippen LogP contribution is 2.28. The second-order valence-electron chi connectivity index (χ2n) is 7.35. The summed E-state index contributed by atoms with van der Waals surface area (Å²) in [4.78, 5) is 29.0. The van der Waals surface area contributed by atoms with E-state index in [4.69, 9.17) is 9.47 Å². The molecule has 0 spiro atoms. The van der Waals surface area contributed by atoms with Crippen molar-refractivity contribution in [3.63, 3.8) is 0 Å². The standard InChI is InChI=1S/C23H29N3O4/c1-4-17-5-8-19(9-6-17)30-16-22(27)24-20-15-18(23(28)29-3)7-10-21(20)26-13-11-25(2)12-14-26/h5-10,15H,4,11-14,16H2,1-3H3,(H,24,27). The molecule has 1 N–H and O–H groups in total. The molecule has 1 heterocycles. The van der Waals surface area contributed by atoms with Crippen molar-refractivity contribution >= 4 is 23.3 Å². The molecule has 0 unspecified atom stereocenters. The van der Waals surface area contributed by atoms with Crippen LogP contribution in [0.25, 0.3) is 0 Å². The molecule has 2 aromatic rings. The summed E-state index contributed by atoms with van der Waals surface area (Å²) in [6, 6.07) is 12.9. The molecule has 0 radical (unpaired) electrons. The van der Waals surface area contributed by atoms with E-state index in [1.54, 1.807) is 12.1 Å². The average Bonchev–Trinajstić information content (AvgIpc) is 2.78. The topological polar surface area (TPSA) is 71.1 Å². The lowest BCUT2D eigenvalue weighted by atomic mass is 10.1. The number of piperazine rings is 1. The Bertz CT molecular complexity index is 875. The van der Waals surface area contributed by atoms with Crippen molar-refractivity contribution in [2.45, 2.75) is 13.3 Å². The number of likely N-dealkylation sites (N-methyl/N-ethyl adjacent to an activating group) is 1. The van der Waals surface area contributed by atoms with Gasteiger partial charge in [0.1, 0.15) is 5.75 Å². The van der Waals surface area contributed by atoms with Crippen molar-refractivity contribution in [3.05, 3.63) is 53.6 Å². The predicted molar refractivity (Wildman–Crippen MR) is 117 cm³/mol. The minimum atomic E-state index is -0.442. The number of carbonyl (C=O) groups excluding carboxylic acids is 2. The van der Waals surface area contributed by atoms with Gasteiger partial charge in [-0.25, -0.2) is 4.79 Å². The normalized spacial score (nSPS) is 14.3. The first kappa shape index (κ1) is 21.6. The summed E-state index contributed by atoms with van der Waals surface area (Å²) in [6.07, 6.45) is 0.951. The maximum Gasteiger partial charge on any atom is 0.337 e. The molecule has 30 heavy (non-hydrogen) atoms. The number of anilines is 2. The van der Waals surface area contributed by atoms with Crippen LogP contribution < -0.4 is 15.0 Å². The first-order chi connectivity index (χ1) is 14.5. The van der Waals surface area contributed by atoms with E-state index in [0.29, 0.717) is 17.0 Å². The summed E-state index contributed by atoms with van der Waals surface area (Å²) in [7, 11) is 3.43. The van der Waals surface area contributed by atoms with Gasteiger partial charge >= 0.3 is 5.97 Å². The number of benzene rings is 2. The number of nitrogens with one attached hydrogen (secondary N) is 1. The Kier molecular flexibility index (Phi) is 7.30. The smallest absolute Gasteiger partial charge is 0.337 e. The van der Waals surface area contributed by atoms with Crippen LogP contribution in [0, 0.1) is 0 Å². The van der Waals surface area contributed by atoms with Crippen LogP contribution in [0.3, 0.4) is 0 Å². The highest BCUT2D eigenvalue weighted by atomic mass is 16.5. The number of methoxy groups -OCH3 is 1. The molecule has 1 fully saturated rings. The minimum absolute atomic E-state index is 0.115. The third-order valence-electron chi connectivity index (χ3n) is 5.24. The van der Waals surface area contributed by atoms with Crippen LogP contribution in [0.1, 0.15) is 22.8 Å². The lowest BCUT2D eigenvalue weighted by molar-refractivity contribution is -0.118. The number of amides is 1. The van der Waals surface area contributed by atoms with Gasteiger partial charge in [-0.15, -0.1) is 0 Å². The molecule has 1 aliphatic rings. The third kappa shape index (κ3) is 5.51. The van der Waals surface area contributed by atoms with E-state index in [0.717, 1.165) is 38.3 Å². The molecule has 2 aromatic carbocycles. The zero-order valence-electron chi connectivity index (χ0n) is 17.8. The Morgan fingerprint density at radius 2 is 1.73 bits per heavy atom. The highest BCUT2D eigenvalue weighted by molar-refractivity contribution is 5.98. The molecule has 1 saturated heterocycles. The minimum Gasteiger partial charge on any atom is -0.484 e. The predicted octanol–water partition coefficient (Wildman–Crippen LogP) is 2.80. The Morgan fingerprint density at radius 3 is 2.37 bits per heavy atom. The SMILES string of the molecule is CCc1ccc(OCC(=O)Nc2cc(C(=O)OC)ccc2N2CCN(C)CC2)cc1. The Balaban J connectivity index is 1.72. The molecule has 3 rings (SSSR count). The third-order valence-corrected chi connectivity index (χ3v) is 5.24. The van der Waals surface area contributed by atoms with Gasteiger partial charge in [-0.2, -0.15) is 0 Å². The molecule has 0 aromatic heterocycles. The monoisotopic (exact) mass is 411 g/mol. The van der Waals surface area contributed by atoms with Crippen LogP contribution in [0.2, 0.25) is 0 Å². The van der Waals surface area contributed by atoms with Crippen molar-refractivity contribution in [3.8, 4) is 5.75 Å². The average molecular weight is 412 g/mol. The molecule has 7 nitrogen and oxygen atoms in total. The Morgan fingerprint density at radius 1 is 1.03 bits per heavy atom. The Labute approximate surface area is 177 Å². The molecular formula is C23H29N3O4. The van der Waals surface area contributed by atoms with Crippen LogP contribution in [0.15, 0.2) is 42.5 Å². The Hall–Kier alpha value is -3.06. The van der Waals surface area contributed by atoms with Crippen LogP contribution in [0.5, 0.6) is 5.75 Å². The zero-order chi connectivity index (χ0) is 21.5. The lowest BCUT2D eigenvalue weighted by Crippen LogP contribution is -2.44.